The van der Waals surface area contributed by atoms with Crippen molar-refractivity contribution in [3.05, 3.63) is 63.6 Å². The zero-order valence-electron chi connectivity index (χ0n) is 17.8. The molecule has 160 valence electrons. The first-order chi connectivity index (χ1) is 15.1. The van der Waals surface area contributed by atoms with E-state index in [4.69, 9.17) is 9.47 Å². The number of benzene rings is 2. The molecule has 1 unspecified atom stereocenters. The standard InChI is InChI=1S/C24H25N3O4/c1-3-26-20-8-6-17(13-18(20)25-15(2)23(26)28)24(29)27-10-4-5-19(27)16-7-9-21-22(14-16)31-12-11-30-21/h6-9,13-14,19H,3-5,10-12H2,1-2H3. The predicted octanol–water partition coefficient (Wildman–Crippen LogP) is 3.47. The number of nitrogens with zero attached hydrogens (tertiary/aromatic N) is 3. The maximum Gasteiger partial charge on any atom is 0.272 e. The topological polar surface area (TPSA) is 73.7 Å². The first-order valence-electron chi connectivity index (χ1n) is 10.8. The summed E-state index contributed by atoms with van der Waals surface area (Å²) in [6.45, 7) is 6.00. The van der Waals surface area contributed by atoms with Crippen LogP contribution in [0.25, 0.3) is 11.0 Å². The second kappa shape index (κ2) is 7.72. The highest BCUT2D eigenvalue weighted by atomic mass is 16.6. The molecule has 0 N–H and O–H groups in total. The summed E-state index contributed by atoms with van der Waals surface area (Å²) >= 11 is 0. The van der Waals surface area contributed by atoms with E-state index in [1.54, 1.807) is 23.6 Å². The Morgan fingerprint density at radius 1 is 1.13 bits per heavy atom. The molecule has 7 heteroatoms. The van der Waals surface area contributed by atoms with Gasteiger partial charge in [-0.15, -0.1) is 0 Å². The van der Waals surface area contributed by atoms with E-state index >= 15 is 0 Å². The first-order valence-corrected chi connectivity index (χ1v) is 10.8. The average Bonchev–Trinajstić information content (AvgIpc) is 3.29. The van der Waals surface area contributed by atoms with Crippen LogP contribution in [0.1, 0.15) is 47.4 Å². The quantitative estimate of drug-likeness (QED) is 0.650. The van der Waals surface area contributed by atoms with E-state index in [1.165, 1.54) is 0 Å². The molecule has 1 atom stereocenters. The lowest BCUT2D eigenvalue weighted by Crippen LogP contribution is -2.31. The van der Waals surface area contributed by atoms with Crippen molar-refractivity contribution in [2.45, 2.75) is 39.3 Å². The molecule has 1 aromatic heterocycles. The average molecular weight is 419 g/mol. The van der Waals surface area contributed by atoms with Crippen LogP contribution < -0.4 is 15.0 Å². The molecule has 0 radical (unpaired) electrons. The van der Waals surface area contributed by atoms with Crippen LogP contribution >= 0.6 is 0 Å². The molecular formula is C24H25N3O4. The molecule has 2 aliphatic heterocycles. The summed E-state index contributed by atoms with van der Waals surface area (Å²) in [6.07, 6.45) is 1.86. The Morgan fingerprint density at radius 3 is 2.74 bits per heavy atom. The number of likely N-dealkylation sites (tertiary alicyclic amines) is 1. The van der Waals surface area contributed by atoms with Gasteiger partial charge in [0.1, 0.15) is 18.9 Å². The highest BCUT2D eigenvalue weighted by Gasteiger charge is 2.31. The predicted molar refractivity (Wildman–Crippen MR) is 117 cm³/mol. The third-order valence-corrected chi connectivity index (χ3v) is 6.14. The van der Waals surface area contributed by atoms with Crippen molar-refractivity contribution < 1.29 is 14.3 Å². The van der Waals surface area contributed by atoms with Gasteiger partial charge < -0.3 is 18.9 Å². The summed E-state index contributed by atoms with van der Waals surface area (Å²) in [6, 6.07) is 11.4. The molecule has 0 bridgehead atoms. The fraction of sp³-hybridized carbons (Fsp3) is 0.375. The van der Waals surface area contributed by atoms with Gasteiger partial charge in [0.15, 0.2) is 11.5 Å². The molecule has 0 spiro atoms. The molecule has 31 heavy (non-hydrogen) atoms. The third kappa shape index (κ3) is 3.34. The number of carbonyl (C=O) groups excluding carboxylic acids is 1. The molecule has 1 fully saturated rings. The lowest BCUT2D eigenvalue weighted by atomic mass is 10.0. The number of aryl methyl sites for hydroxylation is 2. The Morgan fingerprint density at radius 2 is 1.94 bits per heavy atom. The van der Waals surface area contributed by atoms with Crippen molar-refractivity contribution in [2.75, 3.05) is 19.8 Å². The Kier molecular flexibility index (Phi) is 4.88. The number of ether oxygens (including phenoxy) is 2. The van der Waals surface area contributed by atoms with Crippen molar-refractivity contribution in [1.29, 1.82) is 0 Å². The number of amides is 1. The molecule has 2 aliphatic rings. The number of hydrogen-bond donors (Lipinski definition) is 0. The second-order valence-electron chi connectivity index (χ2n) is 8.01. The van der Waals surface area contributed by atoms with Crippen molar-refractivity contribution in [3.8, 4) is 11.5 Å². The highest BCUT2D eigenvalue weighted by Crippen LogP contribution is 2.38. The van der Waals surface area contributed by atoms with Gasteiger partial charge in [-0.2, -0.15) is 0 Å². The normalized spacial score (nSPS) is 17.9. The van der Waals surface area contributed by atoms with Crippen LogP contribution in [-0.2, 0) is 6.54 Å². The van der Waals surface area contributed by atoms with Gasteiger partial charge in [-0.05, 0) is 62.6 Å². The van der Waals surface area contributed by atoms with E-state index in [0.717, 1.165) is 35.4 Å². The summed E-state index contributed by atoms with van der Waals surface area (Å²) in [4.78, 5) is 32.2. The zero-order valence-corrected chi connectivity index (χ0v) is 17.8. The monoisotopic (exact) mass is 419 g/mol. The molecule has 1 amide bonds. The zero-order chi connectivity index (χ0) is 21.5. The number of hydrogen-bond acceptors (Lipinski definition) is 5. The Bertz CT molecular complexity index is 1230. The second-order valence-corrected chi connectivity index (χ2v) is 8.01. The summed E-state index contributed by atoms with van der Waals surface area (Å²) < 4.78 is 13.1. The van der Waals surface area contributed by atoms with Gasteiger partial charge in [0.25, 0.3) is 11.5 Å². The van der Waals surface area contributed by atoms with Crippen LogP contribution in [0.4, 0.5) is 0 Å². The number of aromatic nitrogens is 2. The Hall–Kier alpha value is -3.35. The maximum atomic E-state index is 13.4. The van der Waals surface area contributed by atoms with E-state index in [1.807, 2.05) is 36.1 Å². The summed E-state index contributed by atoms with van der Waals surface area (Å²) in [7, 11) is 0. The minimum atomic E-state index is -0.0905. The fourth-order valence-corrected chi connectivity index (χ4v) is 4.61. The van der Waals surface area contributed by atoms with Crippen LogP contribution in [0.2, 0.25) is 0 Å². The molecule has 5 rings (SSSR count). The minimum Gasteiger partial charge on any atom is -0.486 e. The molecule has 3 heterocycles. The smallest absolute Gasteiger partial charge is 0.272 e. The van der Waals surface area contributed by atoms with Crippen LogP contribution in [0.15, 0.2) is 41.2 Å². The molecule has 3 aromatic rings. The van der Waals surface area contributed by atoms with Crippen LogP contribution in [0.5, 0.6) is 11.5 Å². The van der Waals surface area contributed by atoms with Crippen molar-refractivity contribution in [3.63, 3.8) is 0 Å². The SMILES string of the molecule is CCn1c(=O)c(C)nc2cc(C(=O)N3CCCC3c3ccc4c(c3)OCCO4)ccc21. The van der Waals surface area contributed by atoms with E-state index in [-0.39, 0.29) is 17.5 Å². The Labute approximate surface area is 180 Å². The molecule has 7 nitrogen and oxygen atoms in total. The Balaban J connectivity index is 1.48. The molecule has 1 saturated heterocycles. The number of rotatable bonds is 3. The molecule has 0 saturated carbocycles. The molecule has 2 aromatic carbocycles. The van der Waals surface area contributed by atoms with Gasteiger partial charge in [-0.25, -0.2) is 4.98 Å². The minimum absolute atomic E-state index is 0.00156. The van der Waals surface area contributed by atoms with Gasteiger partial charge in [0.05, 0.1) is 17.1 Å². The van der Waals surface area contributed by atoms with E-state index in [0.29, 0.717) is 43.1 Å². The summed E-state index contributed by atoms with van der Waals surface area (Å²) in [5.74, 6) is 1.47. The van der Waals surface area contributed by atoms with Gasteiger partial charge in [0, 0.05) is 18.7 Å². The highest BCUT2D eigenvalue weighted by molar-refractivity contribution is 5.97. The van der Waals surface area contributed by atoms with E-state index in [9.17, 15) is 9.59 Å². The largest absolute Gasteiger partial charge is 0.486 e. The fourth-order valence-electron chi connectivity index (χ4n) is 4.61. The first kappa shape index (κ1) is 19.6. The van der Waals surface area contributed by atoms with Crippen molar-refractivity contribution in [1.82, 2.24) is 14.5 Å². The van der Waals surface area contributed by atoms with Crippen molar-refractivity contribution in [2.24, 2.45) is 0 Å². The van der Waals surface area contributed by atoms with Gasteiger partial charge in [0.2, 0.25) is 0 Å². The third-order valence-electron chi connectivity index (χ3n) is 6.14. The van der Waals surface area contributed by atoms with E-state index < -0.39 is 0 Å². The van der Waals surface area contributed by atoms with Crippen molar-refractivity contribution >= 4 is 16.9 Å². The van der Waals surface area contributed by atoms with Crippen LogP contribution in [0.3, 0.4) is 0 Å². The summed E-state index contributed by atoms with van der Waals surface area (Å²) in [5, 5.41) is 0. The number of carbonyl (C=O) groups is 1. The number of fused-ring (bicyclic) bond motifs is 2. The lowest BCUT2D eigenvalue weighted by molar-refractivity contribution is 0.0735. The van der Waals surface area contributed by atoms with Gasteiger partial charge in [-0.3, -0.25) is 9.59 Å². The summed E-state index contributed by atoms with van der Waals surface area (Å²) in [5.41, 5.74) is 3.41. The molecular weight excluding hydrogens is 394 g/mol. The lowest BCUT2D eigenvalue weighted by Gasteiger charge is -2.27. The van der Waals surface area contributed by atoms with E-state index in [2.05, 4.69) is 4.98 Å². The van der Waals surface area contributed by atoms with Gasteiger partial charge >= 0.3 is 0 Å². The van der Waals surface area contributed by atoms with Gasteiger partial charge in [-0.1, -0.05) is 6.07 Å². The van der Waals surface area contributed by atoms with Crippen LogP contribution in [0, 0.1) is 6.92 Å². The maximum absolute atomic E-state index is 13.4. The van der Waals surface area contributed by atoms with Crippen LogP contribution in [-0.4, -0.2) is 40.1 Å². The molecule has 0 aliphatic carbocycles.